The average molecular weight is 277 g/mol. The molecule has 1 rings (SSSR count). The minimum absolute atomic E-state index is 0.0808. The Bertz CT molecular complexity index is 495. The second-order valence-electron chi connectivity index (χ2n) is 4.50. The molecule has 0 saturated carbocycles. The zero-order chi connectivity index (χ0) is 15.0. The van der Waals surface area contributed by atoms with Crippen molar-refractivity contribution < 1.29 is 14.7 Å². The summed E-state index contributed by atoms with van der Waals surface area (Å²) in [6.07, 6.45) is 1.49. The summed E-state index contributed by atoms with van der Waals surface area (Å²) in [6, 6.07) is 7.55. The highest BCUT2D eigenvalue weighted by atomic mass is 16.4. The van der Waals surface area contributed by atoms with E-state index in [-0.39, 0.29) is 12.1 Å². The van der Waals surface area contributed by atoms with Gasteiger partial charge in [-0.15, -0.1) is 0 Å². The lowest BCUT2D eigenvalue weighted by Gasteiger charge is -2.04. The van der Waals surface area contributed by atoms with Crippen LogP contribution in [0.3, 0.4) is 0 Å². The van der Waals surface area contributed by atoms with Gasteiger partial charge in [-0.05, 0) is 38.3 Å². The van der Waals surface area contributed by atoms with Crippen molar-refractivity contribution in [1.82, 2.24) is 0 Å². The maximum atomic E-state index is 11.2. The summed E-state index contributed by atoms with van der Waals surface area (Å²) in [5, 5.41) is 12.5. The fourth-order valence-electron chi connectivity index (χ4n) is 1.56. The predicted octanol–water partition coefficient (Wildman–Crippen LogP) is 1.89. The average Bonchev–Trinajstić information content (AvgIpc) is 2.39. The number of carboxylic acids is 1. The Morgan fingerprint density at radius 1 is 1.20 bits per heavy atom. The molecule has 6 nitrogen and oxygen atoms in total. The molecule has 108 valence electrons. The monoisotopic (exact) mass is 277 g/mol. The van der Waals surface area contributed by atoms with Crippen LogP contribution in [-0.2, 0) is 9.59 Å². The summed E-state index contributed by atoms with van der Waals surface area (Å²) in [5.74, 6) is -1.44. The van der Waals surface area contributed by atoms with Gasteiger partial charge in [0.1, 0.15) is 5.71 Å². The number of benzene rings is 1. The van der Waals surface area contributed by atoms with Crippen LogP contribution in [0.4, 0.5) is 5.69 Å². The number of aliphatic carboxylic acids is 1. The van der Waals surface area contributed by atoms with Crippen molar-refractivity contribution >= 4 is 23.3 Å². The Kier molecular flexibility index (Phi) is 6.22. The van der Waals surface area contributed by atoms with Crippen LogP contribution in [-0.4, -0.2) is 22.7 Å². The third kappa shape index (κ3) is 5.99. The van der Waals surface area contributed by atoms with Crippen molar-refractivity contribution in [1.29, 1.82) is 0 Å². The van der Waals surface area contributed by atoms with Crippen LogP contribution in [0.25, 0.3) is 0 Å². The molecule has 1 aromatic rings. The Morgan fingerprint density at radius 3 is 2.35 bits per heavy atom. The number of nitrogens with two attached hydrogens (primary N) is 1. The van der Waals surface area contributed by atoms with Crippen LogP contribution in [0.5, 0.6) is 0 Å². The standard InChI is InChI=1S/C14H19N3O3/c1-10-6-8-11(9-7-10)16-17-12(14(15)20)4-2-3-5-13(18)19/h6-9,16H,2-5H2,1H3,(H2,15,20)(H,18,19). The van der Waals surface area contributed by atoms with E-state index in [1.165, 1.54) is 0 Å². The summed E-state index contributed by atoms with van der Waals surface area (Å²) < 4.78 is 0. The Morgan fingerprint density at radius 2 is 1.80 bits per heavy atom. The highest BCUT2D eigenvalue weighted by Crippen LogP contribution is 2.09. The maximum Gasteiger partial charge on any atom is 0.303 e. The number of hydrogen-bond acceptors (Lipinski definition) is 4. The topological polar surface area (TPSA) is 105 Å². The molecule has 6 heteroatoms. The molecule has 1 amide bonds. The lowest BCUT2D eigenvalue weighted by atomic mass is 10.1. The van der Waals surface area contributed by atoms with Crippen molar-refractivity contribution in [3.8, 4) is 0 Å². The number of carbonyl (C=O) groups is 2. The fourth-order valence-corrected chi connectivity index (χ4v) is 1.56. The van der Waals surface area contributed by atoms with Gasteiger partial charge in [-0.2, -0.15) is 5.10 Å². The largest absolute Gasteiger partial charge is 0.481 e. The summed E-state index contributed by atoms with van der Waals surface area (Å²) in [4.78, 5) is 21.6. The number of nitrogens with zero attached hydrogens (tertiary/aromatic N) is 1. The van der Waals surface area contributed by atoms with Gasteiger partial charge < -0.3 is 10.8 Å². The lowest BCUT2D eigenvalue weighted by molar-refractivity contribution is -0.137. The molecule has 0 bridgehead atoms. The number of nitrogens with one attached hydrogen (secondary N) is 1. The van der Waals surface area contributed by atoms with Gasteiger partial charge in [0.25, 0.3) is 5.91 Å². The van der Waals surface area contributed by atoms with Gasteiger partial charge in [0.15, 0.2) is 0 Å². The highest BCUT2D eigenvalue weighted by molar-refractivity contribution is 6.38. The third-order valence-corrected chi connectivity index (χ3v) is 2.71. The van der Waals surface area contributed by atoms with Gasteiger partial charge in [-0.1, -0.05) is 17.7 Å². The van der Waals surface area contributed by atoms with Crippen LogP contribution < -0.4 is 11.2 Å². The molecule has 0 heterocycles. The van der Waals surface area contributed by atoms with Crippen molar-refractivity contribution in [3.05, 3.63) is 29.8 Å². The molecular weight excluding hydrogens is 258 g/mol. The van der Waals surface area contributed by atoms with E-state index in [1.54, 1.807) is 0 Å². The van der Waals surface area contributed by atoms with E-state index >= 15 is 0 Å². The number of amides is 1. The molecular formula is C14H19N3O3. The number of carboxylic acid groups (broad SMARTS) is 1. The number of rotatable bonds is 8. The van der Waals surface area contributed by atoms with Crippen molar-refractivity contribution in [2.75, 3.05) is 5.43 Å². The van der Waals surface area contributed by atoms with E-state index in [4.69, 9.17) is 10.8 Å². The lowest BCUT2D eigenvalue weighted by Crippen LogP contribution is -2.24. The normalized spacial score (nSPS) is 11.2. The number of unbranched alkanes of at least 4 members (excludes halogenated alkanes) is 1. The molecule has 0 aliphatic carbocycles. The van der Waals surface area contributed by atoms with E-state index in [1.807, 2.05) is 31.2 Å². The minimum Gasteiger partial charge on any atom is -0.481 e. The van der Waals surface area contributed by atoms with Gasteiger partial charge in [-0.3, -0.25) is 15.0 Å². The summed E-state index contributed by atoms with van der Waals surface area (Å²) >= 11 is 0. The molecule has 0 spiro atoms. The van der Waals surface area contributed by atoms with E-state index in [0.717, 1.165) is 11.3 Å². The number of hydrogen-bond donors (Lipinski definition) is 3. The molecule has 1 aromatic carbocycles. The van der Waals surface area contributed by atoms with Gasteiger partial charge in [0, 0.05) is 6.42 Å². The SMILES string of the molecule is Cc1ccc(NN=C(CCCCC(=O)O)C(N)=O)cc1. The first kappa shape index (κ1) is 15.7. The first-order valence-electron chi connectivity index (χ1n) is 6.40. The Balaban J connectivity index is 2.52. The molecule has 0 aliphatic rings. The molecule has 0 saturated heterocycles. The number of carbonyl (C=O) groups excluding carboxylic acids is 1. The second-order valence-corrected chi connectivity index (χ2v) is 4.50. The molecule has 0 unspecified atom stereocenters. The van der Waals surface area contributed by atoms with Crippen LogP contribution in [0.15, 0.2) is 29.4 Å². The fraction of sp³-hybridized carbons (Fsp3) is 0.357. The second kappa shape index (κ2) is 7.93. The van der Waals surface area contributed by atoms with E-state index in [0.29, 0.717) is 19.3 Å². The Hall–Kier alpha value is -2.37. The van der Waals surface area contributed by atoms with Crippen LogP contribution in [0.2, 0.25) is 0 Å². The smallest absolute Gasteiger partial charge is 0.303 e. The van der Waals surface area contributed by atoms with Gasteiger partial charge in [0.05, 0.1) is 5.69 Å². The molecule has 0 fully saturated rings. The first-order valence-corrected chi connectivity index (χ1v) is 6.40. The van der Waals surface area contributed by atoms with Crippen molar-refractivity contribution in [2.24, 2.45) is 10.8 Å². The van der Waals surface area contributed by atoms with Crippen LogP contribution in [0, 0.1) is 6.92 Å². The van der Waals surface area contributed by atoms with E-state index in [9.17, 15) is 9.59 Å². The van der Waals surface area contributed by atoms with Gasteiger partial charge in [0.2, 0.25) is 0 Å². The zero-order valence-corrected chi connectivity index (χ0v) is 11.4. The quantitative estimate of drug-likeness (QED) is 0.383. The molecule has 0 atom stereocenters. The minimum atomic E-state index is -0.847. The molecule has 20 heavy (non-hydrogen) atoms. The molecule has 4 N–H and O–H groups in total. The van der Waals surface area contributed by atoms with Crippen molar-refractivity contribution in [3.63, 3.8) is 0 Å². The van der Waals surface area contributed by atoms with Gasteiger partial charge in [-0.25, -0.2) is 0 Å². The highest BCUT2D eigenvalue weighted by Gasteiger charge is 2.07. The summed E-state index contributed by atoms with van der Waals surface area (Å²) in [6.45, 7) is 1.98. The number of aryl methyl sites for hydroxylation is 1. The molecule has 0 aromatic heterocycles. The van der Waals surface area contributed by atoms with Crippen LogP contribution in [0.1, 0.15) is 31.2 Å². The number of primary amides is 1. The zero-order valence-electron chi connectivity index (χ0n) is 11.4. The van der Waals surface area contributed by atoms with E-state index in [2.05, 4.69) is 10.5 Å². The van der Waals surface area contributed by atoms with Gasteiger partial charge >= 0.3 is 5.97 Å². The summed E-state index contributed by atoms with van der Waals surface area (Å²) in [5.41, 5.74) is 10.1. The number of anilines is 1. The van der Waals surface area contributed by atoms with Crippen LogP contribution >= 0.6 is 0 Å². The summed E-state index contributed by atoms with van der Waals surface area (Å²) in [7, 11) is 0. The number of hydrazone groups is 1. The Labute approximate surface area is 117 Å². The maximum absolute atomic E-state index is 11.2. The first-order chi connectivity index (χ1) is 9.49. The predicted molar refractivity (Wildman–Crippen MR) is 77.5 cm³/mol. The molecule has 0 aliphatic heterocycles. The third-order valence-electron chi connectivity index (χ3n) is 2.71. The molecule has 0 radical (unpaired) electrons. The van der Waals surface area contributed by atoms with E-state index < -0.39 is 11.9 Å². The van der Waals surface area contributed by atoms with Crippen molar-refractivity contribution in [2.45, 2.75) is 32.6 Å².